The van der Waals surface area contributed by atoms with E-state index in [1.165, 1.54) is 0 Å². The molecule has 1 amide bonds. The number of rotatable bonds is 3. The summed E-state index contributed by atoms with van der Waals surface area (Å²) in [5, 5.41) is 0. The van der Waals surface area contributed by atoms with Crippen molar-refractivity contribution in [1.29, 1.82) is 0 Å². The van der Waals surface area contributed by atoms with Crippen LogP contribution in [0.5, 0.6) is 0 Å². The third-order valence-electron chi connectivity index (χ3n) is 3.66. The van der Waals surface area contributed by atoms with Gasteiger partial charge < -0.3 is 10.6 Å². The van der Waals surface area contributed by atoms with Gasteiger partial charge in [-0.05, 0) is 30.6 Å². The molecule has 1 saturated heterocycles. The average molecular weight is 240 g/mol. The minimum Gasteiger partial charge on any atom is -0.338 e. The van der Waals surface area contributed by atoms with Gasteiger partial charge in [-0.2, -0.15) is 0 Å². The molecule has 1 aliphatic heterocycles. The van der Waals surface area contributed by atoms with Crippen molar-refractivity contribution in [3.8, 4) is 0 Å². The Kier molecular flexibility index (Phi) is 4.99. The summed E-state index contributed by atoms with van der Waals surface area (Å²) in [4.78, 5) is 14.2. The maximum atomic E-state index is 12.2. The summed E-state index contributed by atoms with van der Waals surface area (Å²) >= 11 is 0. The fraction of sp³-hybridized carbons (Fsp3) is 0.929. The highest BCUT2D eigenvalue weighted by atomic mass is 16.2. The van der Waals surface area contributed by atoms with Gasteiger partial charge >= 0.3 is 0 Å². The number of likely N-dealkylation sites (tertiary alicyclic amines) is 1. The second-order valence-electron chi connectivity index (χ2n) is 6.67. The molecule has 1 heterocycles. The summed E-state index contributed by atoms with van der Waals surface area (Å²) in [7, 11) is 0. The Morgan fingerprint density at radius 2 is 2.06 bits per heavy atom. The first kappa shape index (κ1) is 14.5. The van der Waals surface area contributed by atoms with Gasteiger partial charge in [0.2, 0.25) is 5.91 Å². The van der Waals surface area contributed by atoms with E-state index in [0.29, 0.717) is 24.8 Å². The second-order valence-corrected chi connectivity index (χ2v) is 6.67. The van der Waals surface area contributed by atoms with Crippen LogP contribution in [0.3, 0.4) is 0 Å². The van der Waals surface area contributed by atoms with Crippen molar-refractivity contribution in [3.05, 3.63) is 0 Å². The molecule has 0 bridgehead atoms. The lowest BCUT2D eigenvalue weighted by atomic mass is 9.89. The smallest absolute Gasteiger partial charge is 0.222 e. The fourth-order valence-corrected chi connectivity index (χ4v) is 2.43. The van der Waals surface area contributed by atoms with Crippen LogP contribution < -0.4 is 5.73 Å². The maximum Gasteiger partial charge on any atom is 0.222 e. The molecule has 0 saturated carbocycles. The van der Waals surface area contributed by atoms with E-state index in [2.05, 4.69) is 27.7 Å². The molecule has 2 N–H and O–H groups in total. The topological polar surface area (TPSA) is 46.3 Å². The predicted octanol–water partition coefficient (Wildman–Crippen LogP) is 2.40. The van der Waals surface area contributed by atoms with Crippen molar-refractivity contribution < 1.29 is 4.79 Å². The molecule has 0 aliphatic carbocycles. The number of nitrogens with two attached hydrogens (primary N) is 1. The Hall–Kier alpha value is -0.570. The van der Waals surface area contributed by atoms with E-state index >= 15 is 0 Å². The monoisotopic (exact) mass is 240 g/mol. The molecule has 2 atom stereocenters. The number of carbonyl (C=O) groups excluding carboxylic acids is 1. The molecule has 1 aliphatic rings. The summed E-state index contributed by atoms with van der Waals surface area (Å²) < 4.78 is 0. The zero-order valence-electron chi connectivity index (χ0n) is 11.8. The molecule has 0 aromatic rings. The number of carbonyl (C=O) groups is 1. The summed E-state index contributed by atoms with van der Waals surface area (Å²) in [6, 6.07) is 0.270. The van der Waals surface area contributed by atoms with Gasteiger partial charge in [0.25, 0.3) is 0 Å². The van der Waals surface area contributed by atoms with Gasteiger partial charge in [0, 0.05) is 25.6 Å². The first-order valence-electron chi connectivity index (χ1n) is 6.83. The summed E-state index contributed by atoms with van der Waals surface area (Å²) in [5.41, 5.74) is 6.01. The SMILES string of the molecule is CC1CCN(C(=O)CCC(C)(C)C)C(CN)C1. The lowest BCUT2D eigenvalue weighted by Gasteiger charge is -2.38. The highest BCUT2D eigenvalue weighted by Crippen LogP contribution is 2.25. The average Bonchev–Trinajstić information content (AvgIpc) is 2.24. The zero-order chi connectivity index (χ0) is 13.1. The van der Waals surface area contributed by atoms with E-state index in [9.17, 15) is 4.79 Å². The minimum absolute atomic E-state index is 0.233. The third kappa shape index (κ3) is 4.66. The summed E-state index contributed by atoms with van der Waals surface area (Å²) in [6.45, 7) is 10.3. The van der Waals surface area contributed by atoms with E-state index < -0.39 is 0 Å². The predicted molar refractivity (Wildman–Crippen MR) is 71.6 cm³/mol. The Morgan fingerprint density at radius 1 is 1.41 bits per heavy atom. The van der Waals surface area contributed by atoms with Crippen LogP contribution >= 0.6 is 0 Å². The van der Waals surface area contributed by atoms with Crippen molar-refractivity contribution in [2.45, 2.75) is 59.4 Å². The minimum atomic E-state index is 0.233. The van der Waals surface area contributed by atoms with Crippen LogP contribution in [-0.2, 0) is 4.79 Å². The number of hydrogen-bond acceptors (Lipinski definition) is 2. The van der Waals surface area contributed by atoms with Crippen molar-refractivity contribution in [2.24, 2.45) is 17.1 Å². The van der Waals surface area contributed by atoms with Crippen LogP contribution in [0.1, 0.15) is 53.4 Å². The molecule has 0 aromatic carbocycles. The van der Waals surface area contributed by atoms with Crippen LogP contribution in [0.25, 0.3) is 0 Å². The molecule has 3 nitrogen and oxygen atoms in total. The lowest BCUT2D eigenvalue weighted by Crippen LogP contribution is -2.49. The molecule has 2 unspecified atom stereocenters. The van der Waals surface area contributed by atoms with Gasteiger partial charge in [-0.1, -0.05) is 27.7 Å². The van der Waals surface area contributed by atoms with Crippen LogP contribution in [0.15, 0.2) is 0 Å². The van der Waals surface area contributed by atoms with Crippen molar-refractivity contribution in [3.63, 3.8) is 0 Å². The van der Waals surface area contributed by atoms with Gasteiger partial charge in [-0.15, -0.1) is 0 Å². The Morgan fingerprint density at radius 3 is 2.59 bits per heavy atom. The standard InChI is InChI=1S/C14H28N2O/c1-11-6-8-16(12(9-11)10-15)13(17)5-7-14(2,3)4/h11-12H,5-10,15H2,1-4H3. The van der Waals surface area contributed by atoms with E-state index in [-0.39, 0.29) is 11.5 Å². The Bertz CT molecular complexity index is 257. The second kappa shape index (κ2) is 5.85. The Labute approximate surface area is 106 Å². The third-order valence-corrected chi connectivity index (χ3v) is 3.66. The summed E-state index contributed by atoms with van der Waals surface area (Å²) in [6.07, 6.45) is 3.80. The van der Waals surface area contributed by atoms with Gasteiger partial charge in [0.05, 0.1) is 0 Å². The van der Waals surface area contributed by atoms with Crippen molar-refractivity contribution in [2.75, 3.05) is 13.1 Å². The molecule has 0 radical (unpaired) electrons. The van der Waals surface area contributed by atoms with Crippen LogP contribution in [0.2, 0.25) is 0 Å². The molecular weight excluding hydrogens is 212 g/mol. The van der Waals surface area contributed by atoms with Crippen LogP contribution in [0, 0.1) is 11.3 Å². The van der Waals surface area contributed by atoms with E-state index in [1.807, 2.05) is 4.90 Å². The van der Waals surface area contributed by atoms with E-state index in [0.717, 1.165) is 25.8 Å². The maximum absolute atomic E-state index is 12.2. The Balaban J connectivity index is 2.50. The van der Waals surface area contributed by atoms with Crippen molar-refractivity contribution in [1.82, 2.24) is 4.90 Å². The lowest BCUT2D eigenvalue weighted by molar-refractivity contribution is -0.135. The van der Waals surface area contributed by atoms with Gasteiger partial charge in [-0.25, -0.2) is 0 Å². The van der Waals surface area contributed by atoms with Gasteiger partial charge in [0.1, 0.15) is 0 Å². The number of piperidine rings is 1. The number of nitrogens with zero attached hydrogens (tertiary/aromatic N) is 1. The molecule has 100 valence electrons. The quantitative estimate of drug-likeness (QED) is 0.823. The molecule has 1 rings (SSSR count). The highest BCUT2D eigenvalue weighted by Gasteiger charge is 2.29. The molecular formula is C14H28N2O. The fourth-order valence-electron chi connectivity index (χ4n) is 2.43. The first-order chi connectivity index (χ1) is 7.83. The zero-order valence-corrected chi connectivity index (χ0v) is 11.8. The molecule has 1 fully saturated rings. The van der Waals surface area contributed by atoms with Gasteiger partial charge in [0.15, 0.2) is 0 Å². The highest BCUT2D eigenvalue weighted by molar-refractivity contribution is 5.76. The summed E-state index contributed by atoms with van der Waals surface area (Å²) in [5.74, 6) is 0.998. The largest absolute Gasteiger partial charge is 0.338 e. The normalized spacial score (nSPS) is 26.1. The number of amides is 1. The van der Waals surface area contributed by atoms with E-state index in [4.69, 9.17) is 5.73 Å². The van der Waals surface area contributed by atoms with Crippen LogP contribution in [0.4, 0.5) is 0 Å². The molecule has 0 aromatic heterocycles. The molecule has 0 spiro atoms. The molecule has 3 heteroatoms. The van der Waals surface area contributed by atoms with Crippen LogP contribution in [-0.4, -0.2) is 29.9 Å². The van der Waals surface area contributed by atoms with Gasteiger partial charge in [-0.3, -0.25) is 4.79 Å². The van der Waals surface area contributed by atoms with Crippen molar-refractivity contribution >= 4 is 5.91 Å². The number of hydrogen-bond donors (Lipinski definition) is 1. The van der Waals surface area contributed by atoms with E-state index in [1.54, 1.807) is 0 Å². The molecule has 17 heavy (non-hydrogen) atoms. The first-order valence-corrected chi connectivity index (χ1v) is 6.83.